The Morgan fingerprint density at radius 2 is 1.83 bits per heavy atom. The number of nitrogens with zero attached hydrogens (tertiary/aromatic N) is 3. The van der Waals surface area contributed by atoms with Gasteiger partial charge in [0.2, 0.25) is 0 Å². The summed E-state index contributed by atoms with van der Waals surface area (Å²) in [5, 5.41) is 15.9. The molecule has 1 aromatic carbocycles. The Kier molecular flexibility index (Phi) is 3.13. The number of nitro benzene ring substituents is 1. The third-order valence-electron chi connectivity index (χ3n) is 5.20. The molecule has 0 radical (unpaired) electrons. The minimum absolute atomic E-state index is 0.0165. The maximum absolute atomic E-state index is 12.5. The van der Waals surface area contributed by atoms with E-state index in [4.69, 9.17) is 0 Å². The number of hydrazone groups is 1. The van der Waals surface area contributed by atoms with E-state index in [0.717, 1.165) is 11.4 Å². The molecule has 1 aliphatic heterocycles. The third kappa shape index (κ3) is 2.01. The lowest BCUT2D eigenvalue weighted by atomic mass is 9.85. The first-order valence-corrected chi connectivity index (χ1v) is 7.82. The van der Waals surface area contributed by atoms with E-state index in [1.54, 1.807) is 19.1 Å². The van der Waals surface area contributed by atoms with E-state index < -0.39 is 4.92 Å². The van der Waals surface area contributed by atoms with Gasteiger partial charge in [0.15, 0.2) is 0 Å². The van der Waals surface area contributed by atoms with Crippen LogP contribution in [0, 0.1) is 40.7 Å². The zero-order valence-corrected chi connectivity index (χ0v) is 13.0. The molecule has 4 atom stereocenters. The Bertz CT molecular complexity index is 799. The third-order valence-corrected chi connectivity index (χ3v) is 5.20. The molecule has 24 heavy (non-hydrogen) atoms. The van der Waals surface area contributed by atoms with Crippen LogP contribution in [0.5, 0.6) is 0 Å². The van der Waals surface area contributed by atoms with Crippen molar-refractivity contribution in [3.63, 3.8) is 0 Å². The van der Waals surface area contributed by atoms with Crippen LogP contribution in [0.25, 0.3) is 0 Å². The number of carbonyl (C=O) groups is 2. The zero-order valence-electron chi connectivity index (χ0n) is 13.0. The van der Waals surface area contributed by atoms with Gasteiger partial charge in [0.25, 0.3) is 17.5 Å². The molecule has 2 aliphatic carbocycles. The lowest BCUT2D eigenvalue weighted by molar-refractivity contribution is -0.385. The number of aryl methyl sites for hydroxylation is 1. The molecule has 7 nitrogen and oxygen atoms in total. The molecule has 122 valence electrons. The van der Waals surface area contributed by atoms with Crippen LogP contribution in [0.3, 0.4) is 0 Å². The summed E-state index contributed by atoms with van der Waals surface area (Å²) in [6.07, 6.45) is 6.24. The van der Waals surface area contributed by atoms with Crippen molar-refractivity contribution in [3.05, 3.63) is 51.6 Å². The van der Waals surface area contributed by atoms with Gasteiger partial charge in [-0.25, -0.2) is 0 Å². The summed E-state index contributed by atoms with van der Waals surface area (Å²) in [6.45, 7) is 1.65. The average Bonchev–Trinajstić information content (AvgIpc) is 3.22. The maximum atomic E-state index is 12.5. The van der Waals surface area contributed by atoms with Gasteiger partial charge in [0.05, 0.1) is 23.0 Å². The van der Waals surface area contributed by atoms with Crippen LogP contribution in [0.15, 0.2) is 35.5 Å². The van der Waals surface area contributed by atoms with Gasteiger partial charge in [0.1, 0.15) is 0 Å². The number of nitro groups is 1. The minimum atomic E-state index is -0.466. The normalized spacial score (nSPS) is 30.6. The molecule has 1 saturated carbocycles. The summed E-state index contributed by atoms with van der Waals surface area (Å²) < 4.78 is 0. The molecule has 1 saturated heterocycles. The Morgan fingerprint density at radius 1 is 1.21 bits per heavy atom. The van der Waals surface area contributed by atoms with Crippen molar-refractivity contribution in [2.75, 3.05) is 0 Å². The standard InChI is InChI=1S/C17H15N3O4/c1-9-2-3-10(6-13(9)20(23)24)8-18-19-16(21)14-11-4-5-12(7-11)15(14)17(19)22/h2-6,8,11-12,14-15H,7H2,1H3/b18-8-/t11-,12-,14-,15+/m1/s1. The van der Waals surface area contributed by atoms with Crippen LogP contribution in [-0.4, -0.2) is 28.0 Å². The lowest BCUT2D eigenvalue weighted by Crippen LogP contribution is -2.28. The van der Waals surface area contributed by atoms with Crippen molar-refractivity contribution >= 4 is 23.7 Å². The lowest BCUT2D eigenvalue weighted by Gasteiger charge is -2.13. The fraction of sp³-hybridized carbons (Fsp3) is 0.353. The van der Waals surface area contributed by atoms with E-state index in [1.165, 1.54) is 12.3 Å². The zero-order chi connectivity index (χ0) is 17.0. The van der Waals surface area contributed by atoms with Crippen LogP contribution in [0.4, 0.5) is 5.69 Å². The van der Waals surface area contributed by atoms with Gasteiger partial charge in [-0.15, -0.1) is 0 Å². The first-order chi connectivity index (χ1) is 11.5. The van der Waals surface area contributed by atoms with Gasteiger partial charge in [0, 0.05) is 17.2 Å². The van der Waals surface area contributed by atoms with Crippen LogP contribution in [-0.2, 0) is 9.59 Å². The second-order valence-electron chi connectivity index (χ2n) is 6.54. The van der Waals surface area contributed by atoms with Crippen molar-refractivity contribution in [2.45, 2.75) is 13.3 Å². The van der Waals surface area contributed by atoms with Crippen LogP contribution >= 0.6 is 0 Å². The van der Waals surface area contributed by atoms with Crippen LogP contribution in [0.1, 0.15) is 17.5 Å². The van der Waals surface area contributed by atoms with Gasteiger partial charge in [-0.05, 0) is 25.2 Å². The predicted octanol–water partition coefficient (Wildman–Crippen LogP) is 2.04. The summed E-state index contributed by atoms with van der Waals surface area (Å²) >= 11 is 0. The topological polar surface area (TPSA) is 92.9 Å². The maximum Gasteiger partial charge on any atom is 0.272 e. The molecule has 0 aromatic heterocycles. The Hall–Kier alpha value is -2.83. The van der Waals surface area contributed by atoms with Gasteiger partial charge < -0.3 is 0 Å². The molecule has 2 fully saturated rings. The summed E-state index contributed by atoms with van der Waals surface area (Å²) in [7, 11) is 0. The molecule has 7 heteroatoms. The highest BCUT2D eigenvalue weighted by molar-refractivity contribution is 6.06. The van der Waals surface area contributed by atoms with Gasteiger partial charge in [-0.3, -0.25) is 19.7 Å². The fourth-order valence-corrected chi connectivity index (χ4v) is 4.03. The number of carbonyl (C=O) groups excluding carboxylic acids is 2. The Labute approximate surface area is 137 Å². The van der Waals surface area contributed by atoms with Crippen LogP contribution < -0.4 is 0 Å². The SMILES string of the molecule is Cc1ccc(/C=N\N2C(=O)[C@@H]3[C@H](C2=O)[C@@H]2C=C[C@@H]3C2)cc1[N+](=O)[O-]. The van der Waals surface area contributed by atoms with Crippen molar-refractivity contribution in [1.82, 2.24) is 5.01 Å². The van der Waals surface area contributed by atoms with Crippen molar-refractivity contribution < 1.29 is 14.5 Å². The summed E-state index contributed by atoms with van der Waals surface area (Å²) in [6, 6.07) is 4.67. The molecular formula is C17H15N3O4. The highest BCUT2D eigenvalue weighted by Crippen LogP contribution is 2.52. The highest BCUT2D eigenvalue weighted by Gasteiger charge is 2.59. The molecule has 1 aromatic rings. The second-order valence-corrected chi connectivity index (χ2v) is 6.54. The molecule has 2 bridgehead atoms. The highest BCUT2D eigenvalue weighted by atomic mass is 16.6. The number of fused-ring (bicyclic) bond motifs is 5. The number of hydrogen-bond acceptors (Lipinski definition) is 5. The number of amides is 2. The van der Waals surface area contributed by atoms with E-state index in [1.807, 2.05) is 12.2 Å². The number of rotatable bonds is 3. The summed E-state index contributed by atoms with van der Waals surface area (Å²) in [5.41, 5.74) is 1.01. The molecule has 0 spiro atoms. The quantitative estimate of drug-likeness (QED) is 0.279. The van der Waals surface area contributed by atoms with E-state index in [0.29, 0.717) is 11.1 Å². The largest absolute Gasteiger partial charge is 0.272 e. The molecule has 3 aliphatic rings. The molecule has 2 amide bonds. The predicted molar refractivity (Wildman–Crippen MR) is 85.0 cm³/mol. The van der Waals surface area contributed by atoms with Crippen molar-refractivity contribution in [1.29, 1.82) is 0 Å². The Balaban J connectivity index is 1.59. The van der Waals surface area contributed by atoms with E-state index in [-0.39, 0.29) is 41.2 Å². The number of benzene rings is 1. The molecule has 1 heterocycles. The molecule has 4 rings (SSSR count). The smallest absolute Gasteiger partial charge is 0.272 e. The van der Waals surface area contributed by atoms with Gasteiger partial charge in [-0.1, -0.05) is 24.3 Å². The first kappa shape index (κ1) is 14.7. The first-order valence-electron chi connectivity index (χ1n) is 7.82. The number of imide groups is 1. The fourth-order valence-electron chi connectivity index (χ4n) is 4.03. The monoisotopic (exact) mass is 325 g/mol. The average molecular weight is 325 g/mol. The minimum Gasteiger partial charge on any atom is -0.272 e. The van der Waals surface area contributed by atoms with Crippen molar-refractivity contribution in [3.8, 4) is 0 Å². The number of allylic oxidation sites excluding steroid dienone is 2. The Morgan fingerprint density at radius 3 is 2.42 bits per heavy atom. The molecule has 0 N–H and O–H groups in total. The van der Waals surface area contributed by atoms with Crippen LogP contribution in [0.2, 0.25) is 0 Å². The van der Waals surface area contributed by atoms with Crippen molar-refractivity contribution in [2.24, 2.45) is 28.8 Å². The molecular weight excluding hydrogens is 310 g/mol. The summed E-state index contributed by atoms with van der Waals surface area (Å²) in [5.74, 6) is -0.845. The van der Waals surface area contributed by atoms with E-state index in [2.05, 4.69) is 5.10 Å². The summed E-state index contributed by atoms with van der Waals surface area (Å²) in [4.78, 5) is 35.5. The van der Waals surface area contributed by atoms with Gasteiger partial charge >= 0.3 is 0 Å². The number of hydrogen-bond donors (Lipinski definition) is 0. The van der Waals surface area contributed by atoms with E-state index >= 15 is 0 Å². The molecule has 0 unspecified atom stereocenters. The second kappa shape index (κ2) is 5.09. The van der Waals surface area contributed by atoms with E-state index in [9.17, 15) is 19.7 Å². The van der Waals surface area contributed by atoms with Gasteiger partial charge in [-0.2, -0.15) is 10.1 Å².